The maximum absolute atomic E-state index is 14.2. The van der Waals surface area contributed by atoms with Crippen molar-refractivity contribution in [2.45, 2.75) is 13.8 Å². The molecule has 0 saturated heterocycles. The van der Waals surface area contributed by atoms with Crippen LogP contribution in [0.1, 0.15) is 24.3 Å². The van der Waals surface area contributed by atoms with Gasteiger partial charge in [0.1, 0.15) is 5.82 Å². The summed E-state index contributed by atoms with van der Waals surface area (Å²) in [5.74, 6) is -1.70. The molecule has 0 aliphatic heterocycles. The molecule has 2 aromatic carbocycles. The molecule has 0 aliphatic rings. The summed E-state index contributed by atoms with van der Waals surface area (Å²) in [4.78, 5) is 14.1. The van der Waals surface area contributed by atoms with E-state index in [1.165, 1.54) is 12.1 Å². The summed E-state index contributed by atoms with van der Waals surface area (Å²) in [6.07, 6.45) is 0. The zero-order valence-electron chi connectivity index (χ0n) is 14.3. The quantitative estimate of drug-likeness (QED) is 0.610. The monoisotopic (exact) mass is 394 g/mol. The second kappa shape index (κ2) is 7.17. The summed E-state index contributed by atoms with van der Waals surface area (Å²) in [5, 5.41) is 10.8. The van der Waals surface area contributed by atoms with E-state index in [-0.39, 0.29) is 10.7 Å². The predicted molar refractivity (Wildman–Crippen MR) is 104 cm³/mol. The lowest BCUT2D eigenvalue weighted by Gasteiger charge is -2.21. The minimum atomic E-state index is -1.11. The first-order valence-corrected chi connectivity index (χ1v) is 8.92. The molecular weight excluding hydrogens is 378 g/mol. The van der Waals surface area contributed by atoms with Crippen molar-refractivity contribution in [3.05, 3.63) is 58.0 Å². The van der Waals surface area contributed by atoms with Gasteiger partial charge in [0.05, 0.1) is 16.2 Å². The number of carboxylic acids is 1. The number of hydrogen-bond acceptors (Lipinski definition) is 2. The van der Waals surface area contributed by atoms with Gasteiger partial charge in [0.25, 0.3) is 0 Å². The van der Waals surface area contributed by atoms with E-state index in [0.717, 1.165) is 0 Å². The van der Waals surface area contributed by atoms with Gasteiger partial charge in [-0.25, -0.2) is 9.18 Å². The number of anilines is 1. The molecule has 0 spiro atoms. The van der Waals surface area contributed by atoms with Gasteiger partial charge < -0.3 is 14.6 Å². The Labute approximate surface area is 160 Å². The lowest BCUT2D eigenvalue weighted by Crippen LogP contribution is -2.24. The summed E-state index contributed by atoms with van der Waals surface area (Å²) in [6.45, 7) is 5.00. The third kappa shape index (κ3) is 3.02. The van der Waals surface area contributed by atoms with E-state index in [1.54, 1.807) is 28.8 Å². The van der Waals surface area contributed by atoms with Crippen molar-refractivity contribution in [2.75, 3.05) is 18.0 Å². The molecule has 0 bridgehead atoms. The van der Waals surface area contributed by atoms with E-state index in [1.807, 2.05) is 18.7 Å². The van der Waals surface area contributed by atoms with Gasteiger partial charge in [-0.3, -0.25) is 0 Å². The minimum absolute atomic E-state index is 0.0487. The molecule has 0 radical (unpaired) electrons. The Hall–Kier alpha value is -2.24. The normalized spacial score (nSPS) is 11.1. The zero-order chi connectivity index (χ0) is 19.0. The average molecular weight is 395 g/mol. The second-order valence-electron chi connectivity index (χ2n) is 5.77. The Morgan fingerprint density at radius 3 is 2.46 bits per heavy atom. The number of carbonyl (C=O) groups is 1. The Balaban J connectivity index is 2.51. The van der Waals surface area contributed by atoms with Crippen LogP contribution in [-0.2, 0) is 0 Å². The van der Waals surface area contributed by atoms with Crippen LogP contribution in [0.15, 0.2) is 36.4 Å². The highest BCUT2D eigenvalue weighted by Gasteiger charge is 2.27. The van der Waals surface area contributed by atoms with Crippen molar-refractivity contribution in [1.82, 2.24) is 4.57 Å². The summed E-state index contributed by atoms with van der Waals surface area (Å²) >= 11 is 12.1. The Morgan fingerprint density at radius 2 is 1.88 bits per heavy atom. The maximum atomic E-state index is 14.2. The molecule has 1 N–H and O–H groups in total. The number of aromatic nitrogens is 1. The van der Waals surface area contributed by atoms with Crippen LogP contribution in [-0.4, -0.2) is 28.7 Å². The average Bonchev–Trinajstić information content (AvgIpc) is 2.91. The molecule has 1 heterocycles. The molecule has 7 heteroatoms. The highest BCUT2D eigenvalue weighted by Crippen LogP contribution is 2.39. The first-order chi connectivity index (χ1) is 12.4. The van der Waals surface area contributed by atoms with Crippen LogP contribution in [0.4, 0.5) is 10.1 Å². The fraction of sp³-hybridized carbons (Fsp3) is 0.211. The fourth-order valence-electron chi connectivity index (χ4n) is 3.21. The SMILES string of the molecule is CCN(CC)c1c(C(=O)O)n(-c2cccc(Cl)c2)c2cc(Cl)c(F)cc12. The molecule has 136 valence electrons. The number of aromatic carboxylic acids is 1. The molecule has 0 fully saturated rings. The number of rotatable bonds is 5. The van der Waals surface area contributed by atoms with Crippen molar-refractivity contribution in [3.8, 4) is 5.69 Å². The topological polar surface area (TPSA) is 45.5 Å². The molecule has 4 nitrogen and oxygen atoms in total. The van der Waals surface area contributed by atoms with E-state index in [0.29, 0.717) is 40.4 Å². The van der Waals surface area contributed by atoms with E-state index < -0.39 is 11.8 Å². The number of hydrogen-bond donors (Lipinski definition) is 1. The number of halogens is 3. The lowest BCUT2D eigenvalue weighted by molar-refractivity contribution is 0.0689. The van der Waals surface area contributed by atoms with Crippen molar-refractivity contribution >= 4 is 45.8 Å². The van der Waals surface area contributed by atoms with Gasteiger partial charge in [0, 0.05) is 29.2 Å². The highest BCUT2D eigenvalue weighted by atomic mass is 35.5. The molecular formula is C19H17Cl2FN2O2. The Bertz CT molecular complexity index is 997. The van der Waals surface area contributed by atoms with Crippen LogP contribution in [0, 0.1) is 5.82 Å². The first-order valence-electron chi connectivity index (χ1n) is 8.16. The summed E-state index contributed by atoms with van der Waals surface area (Å²) in [6, 6.07) is 9.59. The van der Waals surface area contributed by atoms with E-state index >= 15 is 0 Å². The Kier molecular flexibility index (Phi) is 5.12. The third-order valence-electron chi connectivity index (χ3n) is 4.33. The smallest absolute Gasteiger partial charge is 0.355 e. The van der Waals surface area contributed by atoms with Crippen LogP contribution in [0.5, 0.6) is 0 Å². The standard InChI is InChI=1S/C19H17Cl2FN2O2/c1-3-23(4-2)17-13-9-15(22)14(21)10-16(13)24(18(17)19(25)26)12-7-5-6-11(20)8-12/h5-10H,3-4H2,1-2H3,(H,25,26). The Morgan fingerprint density at radius 1 is 1.19 bits per heavy atom. The summed E-state index contributed by atoms with van der Waals surface area (Å²) in [7, 11) is 0. The van der Waals surface area contributed by atoms with Gasteiger partial charge in [0.2, 0.25) is 0 Å². The number of fused-ring (bicyclic) bond motifs is 1. The van der Waals surface area contributed by atoms with Gasteiger partial charge in [0.15, 0.2) is 5.69 Å². The molecule has 3 aromatic rings. The van der Waals surface area contributed by atoms with Gasteiger partial charge in [-0.2, -0.15) is 0 Å². The second-order valence-corrected chi connectivity index (χ2v) is 6.62. The van der Waals surface area contributed by atoms with E-state index in [4.69, 9.17) is 23.2 Å². The molecule has 0 unspecified atom stereocenters. The first kappa shape index (κ1) is 18.5. The predicted octanol–water partition coefficient (Wildman–Crippen LogP) is 5.62. The number of benzene rings is 2. The van der Waals surface area contributed by atoms with Crippen LogP contribution < -0.4 is 4.90 Å². The van der Waals surface area contributed by atoms with Crippen molar-refractivity contribution in [1.29, 1.82) is 0 Å². The van der Waals surface area contributed by atoms with Crippen LogP contribution in [0.3, 0.4) is 0 Å². The van der Waals surface area contributed by atoms with Crippen LogP contribution >= 0.6 is 23.2 Å². The van der Waals surface area contributed by atoms with Crippen molar-refractivity contribution < 1.29 is 14.3 Å². The van der Waals surface area contributed by atoms with E-state index in [2.05, 4.69) is 0 Å². The lowest BCUT2D eigenvalue weighted by atomic mass is 10.2. The fourth-order valence-corrected chi connectivity index (χ4v) is 3.55. The van der Waals surface area contributed by atoms with Crippen LogP contribution in [0.2, 0.25) is 10.0 Å². The summed E-state index contributed by atoms with van der Waals surface area (Å²) in [5.41, 5.74) is 1.60. The largest absolute Gasteiger partial charge is 0.476 e. The molecule has 1 aromatic heterocycles. The van der Waals surface area contributed by atoms with Crippen LogP contribution in [0.25, 0.3) is 16.6 Å². The molecule has 0 atom stereocenters. The number of carboxylic acid groups (broad SMARTS) is 1. The molecule has 0 amide bonds. The van der Waals surface area contributed by atoms with Gasteiger partial charge in [-0.05, 0) is 44.2 Å². The van der Waals surface area contributed by atoms with Gasteiger partial charge >= 0.3 is 5.97 Å². The van der Waals surface area contributed by atoms with E-state index in [9.17, 15) is 14.3 Å². The number of nitrogens with zero attached hydrogens (tertiary/aromatic N) is 2. The summed E-state index contributed by atoms with van der Waals surface area (Å²) < 4.78 is 15.7. The minimum Gasteiger partial charge on any atom is -0.476 e. The molecule has 0 aliphatic carbocycles. The highest BCUT2D eigenvalue weighted by molar-refractivity contribution is 6.32. The van der Waals surface area contributed by atoms with Crippen molar-refractivity contribution in [3.63, 3.8) is 0 Å². The van der Waals surface area contributed by atoms with Gasteiger partial charge in [-0.1, -0.05) is 29.3 Å². The van der Waals surface area contributed by atoms with Gasteiger partial charge in [-0.15, -0.1) is 0 Å². The molecule has 0 saturated carbocycles. The molecule has 26 heavy (non-hydrogen) atoms. The third-order valence-corrected chi connectivity index (χ3v) is 4.86. The molecule has 3 rings (SSSR count). The van der Waals surface area contributed by atoms with Crippen molar-refractivity contribution in [2.24, 2.45) is 0 Å². The zero-order valence-corrected chi connectivity index (χ0v) is 15.8. The maximum Gasteiger partial charge on any atom is 0.355 e.